The van der Waals surface area contributed by atoms with E-state index in [0.29, 0.717) is 0 Å². The fraction of sp³-hybridized carbons (Fsp3) is 0.417. The molecule has 1 N–H and O–H groups in total. The molecule has 20 heavy (non-hydrogen) atoms. The number of aliphatic hydroxyl groups is 1. The molecule has 0 unspecified atom stereocenters. The van der Waals surface area contributed by atoms with Crippen LogP contribution in [0.1, 0.15) is 17.1 Å². The molecule has 0 aliphatic heterocycles. The Hall–Kier alpha value is -1.64. The summed E-state index contributed by atoms with van der Waals surface area (Å²) in [7, 11) is -0.393. The summed E-state index contributed by atoms with van der Waals surface area (Å²) in [4.78, 5) is 0.0768. The van der Waals surface area contributed by atoms with Gasteiger partial charge in [-0.15, -0.1) is 0 Å². The SMILES string of the molecule is Cc1oc(CO)cc1S(=O)(=O)N(C)Cc1cnn(C)c1. The minimum Gasteiger partial charge on any atom is -0.462 e. The van der Waals surface area contributed by atoms with Crippen LogP contribution in [0.15, 0.2) is 27.8 Å². The summed E-state index contributed by atoms with van der Waals surface area (Å²) in [5, 5.41) is 13.0. The summed E-state index contributed by atoms with van der Waals surface area (Å²) >= 11 is 0. The molecule has 0 fully saturated rings. The number of furan rings is 1. The van der Waals surface area contributed by atoms with Crippen LogP contribution in [-0.2, 0) is 30.2 Å². The zero-order valence-electron chi connectivity index (χ0n) is 11.6. The Balaban J connectivity index is 2.26. The van der Waals surface area contributed by atoms with Crippen LogP contribution in [0.25, 0.3) is 0 Å². The van der Waals surface area contributed by atoms with Crippen LogP contribution in [0.4, 0.5) is 0 Å². The average Bonchev–Trinajstić information content (AvgIpc) is 2.95. The molecule has 2 rings (SSSR count). The average molecular weight is 299 g/mol. The molecule has 8 heteroatoms. The molecule has 0 bridgehead atoms. The molecule has 0 saturated heterocycles. The standard InChI is InChI=1S/C12H17N3O4S/c1-9-12(4-11(8-16)19-9)20(17,18)15(3)7-10-5-13-14(2)6-10/h4-6,16H,7-8H2,1-3H3. The minimum atomic E-state index is -3.66. The van der Waals surface area contributed by atoms with E-state index in [9.17, 15) is 8.42 Å². The molecule has 7 nitrogen and oxygen atoms in total. The highest BCUT2D eigenvalue weighted by atomic mass is 32.2. The van der Waals surface area contributed by atoms with E-state index in [1.54, 1.807) is 31.0 Å². The van der Waals surface area contributed by atoms with Gasteiger partial charge in [-0.05, 0) is 6.92 Å². The maximum Gasteiger partial charge on any atom is 0.246 e. The summed E-state index contributed by atoms with van der Waals surface area (Å²) in [6.45, 7) is 1.45. The highest BCUT2D eigenvalue weighted by Gasteiger charge is 2.26. The molecule has 0 aromatic carbocycles. The largest absolute Gasteiger partial charge is 0.462 e. The second-order valence-corrected chi connectivity index (χ2v) is 6.59. The van der Waals surface area contributed by atoms with Crippen molar-refractivity contribution < 1.29 is 17.9 Å². The highest BCUT2D eigenvalue weighted by molar-refractivity contribution is 7.89. The van der Waals surface area contributed by atoms with Crippen molar-refractivity contribution in [2.45, 2.75) is 25.0 Å². The van der Waals surface area contributed by atoms with E-state index in [1.807, 2.05) is 0 Å². The summed E-state index contributed by atoms with van der Waals surface area (Å²) < 4.78 is 32.9. The zero-order chi connectivity index (χ0) is 14.9. The first-order chi connectivity index (χ1) is 9.34. The molecule has 2 heterocycles. The predicted molar refractivity (Wildman–Crippen MR) is 71.2 cm³/mol. The van der Waals surface area contributed by atoms with Crippen molar-refractivity contribution >= 4 is 10.0 Å². The normalized spacial score (nSPS) is 12.2. The molecule has 2 aromatic rings. The molecule has 0 radical (unpaired) electrons. The molecule has 0 atom stereocenters. The number of aryl methyl sites for hydroxylation is 2. The van der Waals surface area contributed by atoms with Gasteiger partial charge in [0.2, 0.25) is 10.0 Å². The second kappa shape index (κ2) is 5.39. The fourth-order valence-corrected chi connectivity index (χ4v) is 3.26. The van der Waals surface area contributed by atoms with Crippen LogP contribution < -0.4 is 0 Å². The summed E-state index contributed by atoms with van der Waals surface area (Å²) in [6.07, 6.45) is 3.38. The van der Waals surface area contributed by atoms with Crippen LogP contribution in [-0.4, -0.2) is 34.7 Å². The molecular weight excluding hydrogens is 282 g/mol. The van der Waals surface area contributed by atoms with E-state index < -0.39 is 10.0 Å². The fourth-order valence-electron chi connectivity index (χ4n) is 1.92. The molecule has 0 saturated carbocycles. The Labute approximate surface area is 117 Å². The van der Waals surface area contributed by atoms with Crippen LogP contribution in [0.2, 0.25) is 0 Å². The van der Waals surface area contributed by atoms with E-state index in [4.69, 9.17) is 9.52 Å². The summed E-state index contributed by atoms with van der Waals surface area (Å²) in [5.74, 6) is 0.503. The van der Waals surface area contributed by atoms with E-state index in [-0.39, 0.29) is 29.6 Å². The smallest absolute Gasteiger partial charge is 0.246 e. The number of hydrogen-bond acceptors (Lipinski definition) is 5. The third kappa shape index (κ3) is 2.77. The van der Waals surface area contributed by atoms with Crippen molar-refractivity contribution in [1.82, 2.24) is 14.1 Å². The zero-order valence-corrected chi connectivity index (χ0v) is 12.4. The Morgan fingerprint density at radius 1 is 1.50 bits per heavy atom. The van der Waals surface area contributed by atoms with Gasteiger partial charge in [-0.2, -0.15) is 9.40 Å². The Kier molecular flexibility index (Phi) is 3.98. The third-order valence-corrected chi connectivity index (χ3v) is 4.84. The van der Waals surface area contributed by atoms with E-state index in [2.05, 4.69) is 5.10 Å². The lowest BCUT2D eigenvalue weighted by atomic mass is 10.4. The molecule has 0 spiro atoms. The number of sulfonamides is 1. The number of aromatic nitrogens is 2. The predicted octanol–water partition coefficient (Wildman–Crippen LogP) is 0.635. The maximum atomic E-state index is 12.5. The first-order valence-electron chi connectivity index (χ1n) is 5.98. The van der Waals surface area contributed by atoms with Gasteiger partial charge in [0.15, 0.2) is 0 Å². The van der Waals surface area contributed by atoms with Crippen LogP contribution >= 0.6 is 0 Å². The van der Waals surface area contributed by atoms with E-state index in [0.717, 1.165) is 5.56 Å². The van der Waals surface area contributed by atoms with Crippen LogP contribution in [0, 0.1) is 6.92 Å². The van der Waals surface area contributed by atoms with Gasteiger partial charge in [-0.1, -0.05) is 0 Å². The van der Waals surface area contributed by atoms with Gasteiger partial charge in [0.25, 0.3) is 0 Å². The quantitative estimate of drug-likeness (QED) is 0.875. The molecular formula is C12H17N3O4S. The van der Waals surface area contributed by atoms with E-state index in [1.165, 1.54) is 17.4 Å². The molecule has 0 aliphatic rings. The lowest BCUT2D eigenvalue weighted by molar-refractivity contribution is 0.244. The lowest BCUT2D eigenvalue weighted by Crippen LogP contribution is -2.26. The van der Waals surface area contributed by atoms with Crippen LogP contribution in [0.3, 0.4) is 0 Å². The molecule has 110 valence electrons. The Bertz CT molecular complexity index is 702. The number of nitrogens with zero attached hydrogens (tertiary/aromatic N) is 3. The number of hydrogen-bond donors (Lipinski definition) is 1. The van der Waals surface area contributed by atoms with Gasteiger partial charge >= 0.3 is 0 Å². The third-order valence-electron chi connectivity index (χ3n) is 2.93. The van der Waals surface area contributed by atoms with Gasteiger partial charge in [-0.25, -0.2) is 8.42 Å². The van der Waals surface area contributed by atoms with Crippen molar-refractivity contribution in [3.8, 4) is 0 Å². The Morgan fingerprint density at radius 2 is 2.20 bits per heavy atom. The minimum absolute atomic E-state index is 0.0768. The van der Waals surface area contributed by atoms with Crippen molar-refractivity contribution in [3.05, 3.63) is 35.5 Å². The van der Waals surface area contributed by atoms with Crippen molar-refractivity contribution in [2.24, 2.45) is 7.05 Å². The lowest BCUT2D eigenvalue weighted by Gasteiger charge is -2.15. The molecule has 0 amide bonds. The summed E-state index contributed by atoms with van der Waals surface area (Å²) in [6, 6.07) is 1.35. The first-order valence-corrected chi connectivity index (χ1v) is 7.42. The van der Waals surface area contributed by atoms with E-state index >= 15 is 0 Å². The molecule has 2 aromatic heterocycles. The van der Waals surface area contributed by atoms with Gasteiger partial charge in [0, 0.05) is 38.5 Å². The first kappa shape index (κ1) is 14.8. The topological polar surface area (TPSA) is 88.6 Å². The second-order valence-electron chi connectivity index (χ2n) is 4.57. The van der Waals surface area contributed by atoms with Gasteiger partial charge < -0.3 is 9.52 Å². The monoisotopic (exact) mass is 299 g/mol. The van der Waals surface area contributed by atoms with Gasteiger partial charge in [-0.3, -0.25) is 4.68 Å². The van der Waals surface area contributed by atoms with Gasteiger partial charge in [0.1, 0.15) is 23.0 Å². The Morgan fingerprint density at radius 3 is 2.70 bits per heavy atom. The summed E-state index contributed by atoms with van der Waals surface area (Å²) in [5.41, 5.74) is 0.794. The van der Waals surface area contributed by atoms with Crippen LogP contribution in [0.5, 0.6) is 0 Å². The maximum absolute atomic E-state index is 12.5. The van der Waals surface area contributed by atoms with Crippen molar-refractivity contribution in [3.63, 3.8) is 0 Å². The highest BCUT2D eigenvalue weighted by Crippen LogP contribution is 2.24. The van der Waals surface area contributed by atoms with Gasteiger partial charge in [0.05, 0.1) is 6.20 Å². The van der Waals surface area contributed by atoms with Crippen molar-refractivity contribution in [2.75, 3.05) is 7.05 Å². The number of aliphatic hydroxyl groups excluding tert-OH is 1. The molecule has 0 aliphatic carbocycles. The number of rotatable bonds is 5. The van der Waals surface area contributed by atoms with Crippen molar-refractivity contribution in [1.29, 1.82) is 0 Å².